The largest absolute Gasteiger partial charge is 0.496 e. The summed E-state index contributed by atoms with van der Waals surface area (Å²) in [6.07, 6.45) is 2.28. The first-order valence-electron chi connectivity index (χ1n) is 9.88. The number of nitrogens with zero attached hydrogens (tertiary/aromatic N) is 2. The summed E-state index contributed by atoms with van der Waals surface area (Å²) in [6.45, 7) is 1.45. The molecule has 6 nitrogen and oxygen atoms in total. The molecular weight excluding hydrogens is 364 g/mol. The molecule has 0 bridgehead atoms. The summed E-state index contributed by atoms with van der Waals surface area (Å²) in [5.41, 5.74) is 3.15. The van der Waals surface area contributed by atoms with Gasteiger partial charge >= 0.3 is 0 Å². The number of para-hydroxylation sites is 1. The summed E-state index contributed by atoms with van der Waals surface area (Å²) in [5.74, 6) is 1.72. The Morgan fingerprint density at radius 1 is 1.10 bits per heavy atom. The molecular formula is C23H30N4O2. The van der Waals surface area contributed by atoms with Crippen molar-refractivity contribution in [3.63, 3.8) is 0 Å². The van der Waals surface area contributed by atoms with Crippen LogP contribution in [0.3, 0.4) is 0 Å². The average Bonchev–Trinajstić information content (AvgIpc) is 3.54. The molecule has 0 heterocycles. The Balaban J connectivity index is 1.56. The van der Waals surface area contributed by atoms with Gasteiger partial charge in [-0.2, -0.15) is 0 Å². The maximum Gasteiger partial charge on any atom is 0.253 e. The van der Waals surface area contributed by atoms with Crippen LogP contribution >= 0.6 is 0 Å². The topological polar surface area (TPSA) is 66.0 Å². The van der Waals surface area contributed by atoms with Crippen molar-refractivity contribution in [2.45, 2.75) is 24.8 Å². The number of carbonyl (C=O) groups is 1. The molecule has 0 atom stereocenters. The van der Waals surface area contributed by atoms with E-state index < -0.39 is 0 Å². The molecule has 2 N–H and O–H groups in total. The zero-order chi connectivity index (χ0) is 20.9. The van der Waals surface area contributed by atoms with Gasteiger partial charge in [-0.3, -0.25) is 9.79 Å². The number of amides is 1. The van der Waals surface area contributed by atoms with Crippen LogP contribution in [0.4, 0.5) is 0 Å². The van der Waals surface area contributed by atoms with E-state index >= 15 is 0 Å². The normalized spacial score (nSPS) is 14.8. The zero-order valence-corrected chi connectivity index (χ0v) is 17.7. The highest BCUT2D eigenvalue weighted by Gasteiger charge is 2.46. The lowest BCUT2D eigenvalue weighted by atomic mass is 9.95. The maximum absolute atomic E-state index is 12.0. The van der Waals surface area contributed by atoms with Gasteiger partial charge in [0.05, 0.1) is 7.11 Å². The van der Waals surface area contributed by atoms with Crippen molar-refractivity contribution in [2.75, 3.05) is 34.8 Å². The van der Waals surface area contributed by atoms with Crippen molar-refractivity contribution in [1.29, 1.82) is 0 Å². The molecule has 1 aliphatic carbocycles. The van der Waals surface area contributed by atoms with Gasteiger partial charge in [-0.05, 0) is 36.6 Å². The summed E-state index contributed by atoms with van der Waals surface area (Å²) < 4.78 is 5.55. The van der Waals surface area contributed by atoms with Crippen LogP contribution in [-0.4, -0.2) is 51.6 Å². The summed E-state index contributed by atoms with van der Waals surface area (Å²) in [5, 5.41) is 6.81. The fourth-order valence-electron chi connectivity index (χ4n) is 3.46. The molecule has 0 saturated heterocycles. The molecule has 0 unspecified atom stereocenters. The van der Waals surface area contributed by atoms with Crippen molar-refractivity contribution in [1.82, 2.24) is 15.5 Å². The monoisotopic (exact) mass is 394 g/mol. The van der Waals surface area contributed by atoms with Crippen molar-refractivity contribution < 1.29 is 9.53 Å². The van der Waals surface area contributed by atoms with E-state index in [-0.39, 0.29) is 11.3 Å². The fraction of sp³-hybridized carbons (Fsp3) is 0.391. The molecule has 0 aromatic heterocycles. The molecule has 154 valence electrons. The molecule has 2 aromatic rings. The van der Waals surface area contributed by atoms with Gasteiger partial charge in [-0.15, -0.1) is 0 Å². The van der Waals surface area contributed by atoms with Crippen LogP contribution in [0.2, 0.25) is 0 Å². The number of nitrogens with one attached hydrogen (secondary N) is 2. The van der Waals surface area contributed by atoms with Gasteiger partial charge < -0.3 is 20.3 Å². The molecule has 2 aromatic carbocycles. The smallest absolute Gasteiger partial charge is 0.253 e. The van der Waals surface area contributed by atoms with E-state index in [1.54, 1.807) is 33.2 Å². The molecule has 3 rings (SSSR count). The number of hydrogen-bond donors (Lipinski definition) is 2. The summed E-state index contributed by atoms with van der Waals surface area (Å²) in [4.78, 5) is 17.9. The van der Waals surface area contributed by atoms with Crippen LogP contribution in [0.15, 0.2) is 53.5 Å². The number of guanidine groups is 1. The van der Waals surface area contributed by atoms with Gasteiger partial charge in [-0.1, -0.05) is 30.3 Å². The summed E-state index contributed by atoms with van der Waals surface area (Å²) in [7, 11) is 7.01. The first-order valence-corrected chi connectivity index (χ1v) is 9.88. The summed E-state index contributed by atoms with van der Waals surface area (Å²) >= 11 is 0. The summed E-state index contributed by atoms with van der Waals surface area (Å²) in [6, 6.07) is 15.9. The standard InChI is InChI=1S/C23H30N4O2/c1-24-22(25-15-17-9-11-18(12-10-17)21(28)27(2)3)26-16-23(13-14-23)19-7-5-6-8-20(19)29-4/h5-12H,13-16H2,1-4H3,(H2,24,25,26). The van der Waals surface area contributed by atoms with Crippen molar-refractivity contribution >= 4 is 11.9 Å². The minimum atomic E-state index is 0.00746. The van der Waals surface area contributed by atoms with E-state index in [4.69, 9.17) is 4.74 Å². The van der Waals surface area contributed by atoms with Crippen molar-refractivity contribution in [2.24, 2.45) is 4.99 Å². The molecule has 0 radical (unpaired) electrons. The minimum absolute atomic E-state index is 0.00746. The number of carbonyl (C=O) groups excluding carboxylic acids is 1. The van der Waals surface area contributed by atoms with Gasteiger partial charge in [0.2, 0.25) is 0 Å². The van der Waals surface area contributed by atoms with Crippen molar-refractivity contribution in [3.8, 4) is 5.75 Å². The highest BCUT2D eigenvalue weighted by atomic mass is 16.5. The van der Waals surface area contributed by atoms with E-state index in [0.717, 1.165) is 36.7 Å². The Kier molecular flexibility index (Phi) is 6.42. The fourth-order valence-corrected chi connectivity index (χ4v) is 3.46. The van der Waals surface area contributed by atoms with E-state index in [9.17, 15) is 4.79 Å². The highest BCUT2D eigenvalue weighted by Crippen LogP contribution is 2.50. The first-order chi connectivity index (χ1) is 14.0. The second kappa shape index (κ2) is 8.99. The van der Waals surface area contributed by atoms with Crippen LogP contribution in [-0.2, 0) is 12.0 Å². The van der Waals surface area contributed by atoms with Gasteiger partial charge in [0.15, 0.2) is 5.96 Å². The second-order valence-electron chi connectivity index (χ2n) is 7.66. The zero-order valence-electron chi connectivity index (χ0n) is 17.7. The Morgan fingerprint density at radius 2 is 1.79 bits per heavy atom. The lowest BCUT2D eigenvalue weighted by Crippen LogP contribution is -2.41. The molecule has 0 aliphatic heterocycles. The Bertz CT molecular complexity index is 871. The average molecular weight is 395 g/mol. The quantitative estimate of drug-likeness (QED) is 0.560. The number of hydrogen-bond acceptors (Lipinski definition) is 3. The number of methoxy groups -OCH3 is 1. The molecule has 1 saturated carbocycles. The van der Waals surface area contributed by atoms with Crippen LogP contribution in [0.5, 0.6) is 5.75 Å². The molecule has 6 heteroatoms. The van der Waals surface area contributed by atoms with E-state index in [0.29, 0.717) is 12.1 Å². The number of aliphatic imine (C=N–C) groups is 1. The third kappa shape index (κ3) is 4.88. The Hall–Kier alpha value is -3.02. The van der Waals surface area contributed by atoms with Crippen LogP contribution in [0, 0.1) is 0 Å². The molecule has 1 aliphatic rings. The first kappa shape index (κ1) is 20.7. The minimum Gasteiger partial charge on any atom is -0.496 e. The molecule has 1 amide bonds. The van der Waals surface area contributed by atoms with E-state index in [1.165, 1.54) is 5.56 Å². The number of benzene rings is 2. The molecule has 29 heavy (non-hydrogen) atoms. The maximum atomic E-state index is 12.0. The Morgan fingerprint density at radius 3 is 2.38 bits per heavy atom. The third-order valence-corrected chi connectivity index (χ3v) is 5.42. The lowest BCUT2D eigenvalue weighted by Gasteiger charge is -2.21. The predicted molar refractivity (Wildman–Crippen MR) is 117 cm³/mol. The van der Waals surface area contributed by atoms with Crippen LogP contribution in [0.25, 0.3) is 0 Å². The van der Waals surface area contributed by atoms with Gasteiger partial charge in [0.1, 0.15) is 5.75 Å². The van der Waals surface area contributed by atoms with Gasteiger partial charge in [0, 0.05) is 50.8 Å². The van der Waals surface area contributed by atoms with Crippen molar-refractivity contribution in [3.05, 3.63) is 65.2 Å². The van der Waals surface area contributed by atoms with Crippen LogP contribution in [0.1, 0.15) is 34.3 Å². The lowest BCUT2D eigenvalue weighted by molar-refractivity contribution is 0.0827. The van der Waals surface area contributed by atoms with Gasteiger partial charge in [0.25, 0.3) is 5.91 Å². The van der Waals surface area contributed by atoms with Crippen LogP contribution < -0.4 is 15.4 Å². The highest BCUT2D eigenvalue weighted by molar-refractivity contribution is 5.93. The molecule has 1 fully saturated rings. The van der Waals surface area contributed by atoms with Gasteiger partial charge in [-0.25, -0.2) is 0 Å². The predicted octanol–water partition coefficient (Wildman–Crippen LogP) is 2.79. The number of rotatable bonds is 7. The number of ether oxygens (including phenoxy) is 1. The van der Waals surface area contributed by atoms with E-state index in [2.05, 4.69) is 27.8 Å². The van der Waals surface area contributed by atoms with E-state index in [1.807, 2.05) is 36.4 Å². The third-order valence-electron chi connectivity index (χ3n) is 5.42. The second-order valence-corrected chi connectivity index (χ2v) is 7.66. The SMILES string of the molecule is CN=C(NCc1ccc(C(=O)N(C)C)cc1)NCC1(c2ccccc2OC)CC1. The Labute approximate surface area is 173 Å². The molecule has 0 spiro atoms.